The van der Waals surface area contributed by atoms with Gasteiger partial charge in [-0.3, -0.25) is 0 Å². The highest BCUT2D eigenvalue weighted by molar-refractivity contribution is 5.45. The van der Waals surface area contributed by atoms with E-state index in [-0.39, 0.29) is 12.2 Å². The predicted octanol–water partition coefficient (Wildman–Crippen LogP) is 4.28. The Balaban J connectivity index is 1.86. The standard InChI is InChI=1S/C16H22O2/c1-3-11(2)12-8-9-15-16(10-12)18-14-7-5-4-6-13(14)17-15/h8-11,13-14H,3-7H2,1-2H3. The smallest absolute Gasteiger partial charge is 0.162 e. The molecule has 0 bridgehead atoms. The number of fused-ring (bicyclic) bond motifs is 2. The highest BCUT2D eigenvalue weighted by Gasteiger charge is 2.33. The van der Waals surface area contributed by atoms with E-state index in [2.05, 4.69) is 32.0 Å². The van der Waals surface area contributed by atoms with E-state index in [1.807, 2.05) is 0 Å². The molecule has 3 unspecified atom stereocenters. The SMILES string of the molecule is CCC(C)c1ccc2c(c1)OC1CCCCC1O2. The second kappa shape index (κ2) is 4.83. The van der Waals surface area contributed by atoms with Gasteiger partial charge in [-0.2, -0.15) is 0 Å². The van der Waals surface area contributed by atoms with E-state index in [0.717, 1.165) is 30.8 Å². The molecule has 1 heterocycles. The van der Waals surface area contributed by atoms with Gasteiger partial charge in [0.2, 0.25) is 0 Å². The summed E-state index contributed by atoms with van der Waals surface area (Å²) in [5.41, 5.74) is 1.36. The Kier molecular flexibility index (Phi) is 3.19. The Morgan fingerprint density at radius 3 is 2.44 bits per heavy atom. The lowest BCUT2D eigenvalue weighted by molar-refractivity contribution is -0.00611. The molecule has 1 fully saturated rings. The minimum absolute atomic E-state index is 0.276. The minimum Gasteiger partial charge on any atom is -0.483 e. The lowest BCUT2D eigenvalue weighted by Gasteiger charge is -2.37. The van der Waals surface area contributed by atoms with Gasteiger partial charge in [0.25, 0.3) is 0 Å². The second-order valence-electron chi connectivity index (χ2n) is 5.61. The van der Waals surface area contributed by atoms with Crippen molar-refractivity contribution in [2.75, 3.05) is 0 Å². The summed E-state index contributed by atoms with van der Waals surface area (Å²) in [4.78, 5) is 0. The Morgan fingerprint density at radius 1 is 1.11 bits per heavy atom. The molecule has 2 nitrogen and oxygen atoms in total. The molecule has 1 aromatic carbocycles. The van der Waals surface area contributed by atoms with Crippen LogP contribution in [0.2, 0.25) is 0 Å². The average Bonchev–Trinajstić information content (AvgIpc) is 2.43. The topological polar surface area (TPSA) is 18.5 Å². The van der Waals surface area contributed by atoms with Gasteiger partial charge >= 0.3 is 0 Å². The van der Waals surface area contributed by atoms with Crippen LogP contribution in [-0.4, -0.2) is 12.2 Å². The van der Waals surface area contributed by atoms with Crippen LogP contribution in [0.25, 0.3) is 0 Å². The van der Waals surface area contributed by atoms with Crippen molar-refractivity contribution in [1.29, 1.82) is 0 Å². The molecular formula is C16H22O2. The molecule has 1 saturated carbocycles. The van der Waals surface area contributed by atoms with E-state index in [1.54, 1.807) is 0 Å². The zero-order chi connectivity index (χ0) is 12.5. The van der Waals surface area contributed by atoms with Crippen molar-refractivity contribution in [1.82, 2.24) is 0 Å². The molecule has 0 amide bonds. The maximum absolute atomic E-state index is 6.15. The molecule has 3 rings (SSSR count). The van der Waals surface area contributed by atoms with Crippen LogP contribution in [0.5, 0.6) is 11.5 Å². The Labute approximate surface area is 109 Å². The largest absolute Gasteiger partial charge is 0.483 e. The third-order valence-electron chi connectivity index (χ3n) is 4.35. The third kappa shape index (κ3) is 2.09. The molecule has 1 aromatic rings. The second-order valence-corrected chi connectivity index (χ2v) is 5.61. The maximum atomic E-state index is 6.15. The van der Waals surface area contributed by atoms with Crippen LogP contribution < -0.4 is 9.47 Å². The van der Waals surface area contributed by atoms with Crippen LogP contribution in [0.15, 0.2) is 18.2 Å². The number of hydrogen-bond acceptors (Lipinski definition) is 2. The zero-order valence-corrected chi connectivity index (χ0v) is 11.3. The molecule has 0 N–H and O–H groups in total. The van der Waals surface area contributed by atoms with E-state index in [9.17, 15) is 0 Å². The molecule has 18 heavy (non-hydrogen) atoms. The number of hydrogen-bond donors (Lipinski definition) is 0. The summed E-state index contributed by atoms with van der Waals surface area (Å²) in [6.45, 7) is 4.48. The van der Waals surface area contributed by atoms with Crippen molar-refractivity contribution in [2.45, 2.75) is 64.1 Å². The molecule has 3 atom stereocenters. The maximum Gasteiger partial charge on any atom is 0.162 e. The molecular weight excluding hydrogens is 224 g/mol. The molecule has 0 spiro atoms. The number of rotatable bonds is 2. The number of benzene rings is 1. The molecule has 1 aliphatic carbocycles. The molecule has 0 saturated heterocycles. The fourth-order valence-electron chi connectivity index (χ4n) is 2.91. The molecule has 0 aromatic heterocycles. The Bertz CT molecular complexity index is 427. The summed E-state index contributed by atoms with van der Waals surface area (Å²) in [5, 5.41) is 0. The first kappa shape index (κ1) is 11.9. The van der Waals surface area contributed by atoms with Crippen molar-refractivity contribution in [3.63, 3.8) is 0 Å². The molecule has 2 aliphatic rings. The van der Waals surface area contributed by atoms with E-state index >= 15 is 0 Å². The molecule has 98 valence electrons. The minimum atomic E-state index is 0.276. The quantitative estimate of drug-likeness (QED) is 0.775. The zero-order valence-electron chi connectivity index (χ0n) is 11.3. The van der Waals surface area contributed by atoms with Gasteiger partial charge in [-0.15, -0.1) is 0 Å². The summed E-state index contributed by atoms with van der Waals surface area (Å²) in [7, 11) is 0. The molecule has 0 radical (unpaired) electrons. The normalized spacial score (nSPS) is 27.4. The average molecular weight is 246 g/mol. The highest BCUT2D eigenvalue weighted by Crippen LogP contribution is 2.40. The summed E-state index contributed by atoms with van der Waals surface area (Å²) >= 11 is 0. The highest BCUT2D eigenvalue weighted by atomic mass is 16.6. The fourth-order valence-corrected chi connectivity index (χ4v) is 2.91. The van der Waals surface area contributed by atoms with Gasteiger partial charge in [-0.1, -0.05) is 19.9 Å². The fraction of sp³-hybridized carbons (Fsp3) is 0.625. The Hall–Kier alpha value is -1.18. The van der Waals surface area contributed by atoms with Crippen LogP contribution >= 0.6 is 0 Å². The Morgan fingerprint density at radius 2 is 1.78 bits per heavy atom. The summed E-state index contributed by atoms with van der Waals surface area (Å²) in [6, 6.07) is 6.44. The van der Waals surface area contributed by atoms with Crippen molar-refractivity contribution in [3.05, 3.63) is 23.8 Å². The predicted molar refractivity (Wildman–Crippen MR) is 72.4 cm³/mol. The first-order valence-corrected chi connectivity index (χ1v) is 7.25. The van der Waals surface area contributed by atoms with Gasteiger partial charge in [0.15, 0.2) is 11.5 Å². The van der Waals surface area contributed by atoms with Crippen LogP contribution in [0.3, 0.4) is 0 Å². The number of ether oxygens (including phenoxy) is 2. The third-order valence-corrected chi connectivity index (χ3v) is 4.35. The van der Waals surface area contributed by atoms with Crippen molar-refractivity contribution >= 4 is 0 Å². The first-order valence-electron chi connectivity index (χ1n) is 7.25. The van der Waals surface area contributed by atoms with E-state index in [1.165, 1.54) is 18.4 Å². The van der Waals surface area contributed by atoms with Gasteiger partial charge in [-0.25, -0.2) is 0 Å². The van der Waals surface area contributed by atoms with E-state index in [0.29, 0.717) is 5.92 Å². The first-order chi connectivity index (χ1) is 8.78. The molecule has 2 heteroatoms. The summed E-state index contributed by atoms with van der Waals surface area (Å²) in [6.07, 6.45) is 6.52. The molecule has 1 aliphatic heterocycles. The van der Waals surface area contributed by atoms with Crippen LogP contribution in [0.1, 0.15) is 57.4 Å². The van der Waals surface area contributed by atoms with Gasteiger partial charge in [0.05, 0.1) is 0 Å². The van der Waals surface area contributed by atoms with Gasteiger partial charge in [0.1, 0.15) is 12.2 Å². The van der Waals surface area contributed by atoms with Crippen LogP contribution in [-0.2, 0) is 0 Å². The van der Waals surface area contributed by atoms with E-state index < -0.39 is 0 Å². The monoisotopic (exact) mass is 246 g/mol. The van der Waals surface area contributed by atoms with Gasteiger partial charge in [0, 0.05) is 0 Å². The van der Waals surface area contributed by atoms with Crippen molar-refractivity contribution in [2.24, 2.45) is 0 Å². The van der Waals surface area contributed by atoms with E-state index in [4.69, 9.17) is 9.47 Å². The van der Waals surface area contributed by atoms with Crippen molar-refractivity contribution in [3.8, 4) is 11.5 Å². The summed E-state index contributed by atoms with van der Waals surface area (Å²) < 4.78 is 12.2. The van der Waals surface area contributed by atoms with Crippen molar-refractivity contribution < 1.29 is 9.47 Å². The van der Waals surface area contributed by atoms with Crippen LogP contribution in [0, 0.1) is 0 Å². The lowest BCUT2D eigenvalue weighted by Crippen LogP contribution is -2.41. The summed E-state index contributed by atoms with van der Waals surface area (Å²) in [5.74, 6) is 2.48. The lowest BCUT2D eigenvalue weighted by atomic mass is 9.93. The van der Waals surface area contributed by atoms with Gasteiger partial charge in [-0.05, 0) is 55.7 Å². The van der Waals surface area contributed by atoms with Gasteiger partial charge < -0.3 is 9.47 Å². The van der Waals surface area contributed by atoms with Crippen LogP contribution in [0.4, 0.5) is 0 Å².